The Morgan fingerprint density at radius 1 is 1.12 bits per heavy atom. The van der Waals surface area contributed by atoms with Gasteiger partial charge >= 0.3 is 5.97 Å². The van der Waals surface area contributed by atoms with E-state index in [2.05, 4.69) is 10.3 Å². The van der Waals surface area contributed by atoms with Crippen molar-refractivity contribution < 1.29 is 19.1 Å². The molecule has 2 aromatic carbocycles. The van der Waals surface area contributed by atoms with Gasteiger partial charge in [-0.25, -0.2) is 4.79 Å². The lowest BCUT2D eigenvalue weighted by atomic mass is 10.1. The molecule has 0 saturated carbocycles. The van der Waals surface area contributed by atoms with Crippen molar-refractivity contribution >= 4 is 28.5 Å². The van der Waals surface area contributed by atoms with Crippen molar-refractivity contribution in [2.75, 3.05) is 19.0 Å². The standard InChI is InChI=1S/C20H20N2O4/c1-12-13(2)21-16-9-8-14(10-15(12)16)20(24)26-11-19(23)22-17-6-4-5-7-18(17)25-3/h4-10,21H,11H2,1-3H3,(H,22,23). The number of H-pyrrole nitrogens is 1. The van der Waals surface area contributed by atoms with E-state index in [4.69, 9.17) is 9.47 Å². The van der Waals surface area contributed by atoms with E-state index in [0.29, 0.717) is 17.0 Å². The zero-order chi connectivity index (χ0) is 18.7. The van der Waals surface area contributed by atoms with Gasteiger partial charge in [0.2, 0.25) is 0 Å². The van der Waals surface area contributed by atoms with Crippen LogP contribution in [0.5, 0.6) is 5.75 Å². The lowest BCUT2D eigenvalue weighted by Gasteiger charge is -2.10. The number of methoxy groups -OCH3 is 1. The highest BCUT2D eigenvalue weighted by atomic mass is 16.5. The van der Waals surface area contributed by atoms with Crippen molar-refractivity contribution in [1.29, 1.82) is 0 Å². The third-order valence-corrected chi connectivity index (χ3v) is 4.26. The number of amides is 1. The number of aryl methyl sites for hydroxylation is 2. The lowest BCUT2D eigenvalue weighted by Crippen LogP contribution is -2.21. The Labute approximate surface area is 151 Å². The van der Waals surface area contributed by atoms with E-state index >= 15 is 0 Å². The first-order valence-electron chi connectivity index (χ1n) is 8.18. The van der Waals surface area contributed by atoms with E-state index in [1.165, 1.54) is 7.11 Å². The van der Waals surface area contributed by atoms with Gasteiger partial charge < -0.3 is 19.8 Å². The average Bonchev–Trinajstić information content (AvgIpc) is 2.94. The van der Waals surface area contributed by atoms with Crippen LogP contribution in [0.15, 0.2) is 42.5 Å². The Kier molecular flexibility index (Phi) is 4.93. The molecule has 0 unspecified atom stereocenters. The summed E-state index contributed by atoms with van der Waals surface area (Å²) in [5.41, 5.74) is 4.04. The number of aromatic amines is 1. The fourth-order valence-corrected chi connectivity index (χ4v) is 2.74. The van der Waals surface area contributed by atoms with Crippen LogP contribution in [0.4, 0.5) is 5.69 Å². The minimum atomic E-state index is -0.541. The van der Waals surface area contributed by atoms with Gasteiger partial charge in [0.05, 0.1) is 18.4 Å². The van der Waals surface area contributed by atoms with E-state index < -0.39 is 11.9 Å². The fraction of sp³-hybridized carbons (Fsp3) is 0.200. The molecule has 6 nitrogen and oxygen atoms in total. The van der Waals surface area contributed by atoms with Crippen molar-refractivity contribution in [2.45, 2.75) is 13.8 Å². The Hall–Kier alpha value is -3.28. The van der Waals surface area contributed by atoms with E-state index in [-0.39, 0.29) is 6.61 Å². The van der Waals surface area contributed by atoms with Crippen LogP contribution in [0.1, 0.15) is 21.6 Å². The fourth-order valence-electron chi connectivity index (χ4n) is 2.74. The molecule has 26 heavy (non-hydrogen) atoms. The molecule has 0 atom stereocenters. The molecule has 0 aliphatic rings. The highest BCUT2D eigenvalue weighted by Crippen LogP contribution is 2.24. The zero-order valence-corrected chi connectivity index (χ0v) is 14.9. The Balaban J connectivity index is 1.65. The van der Waals surface area contributed by atoms with Gasteiger partial charge in [-0.05, 0) is 49.7 Å². The molecule has 0 aliphatic heterocycles. The number of rotatable bonds is 5. The summed E-state index contributed by atoms with van der Waals surface area (Å²) < 4.78 is 10.3. The monoisotopic (exact) mass is 352 g/mol. The topological polar surface area (TPSA) is 80.4 Å². The van der Waals surface area contributed by atoms with E-state index in [0.717, 1.165) is 22.2 Å². The van der Waals surface area contributed by atoms with Crippen molar-refractivity contribution in [3.05, 3.63) is 59.3 Å². The number of hydrogen-bond donors (Lipinski definition) is 2. The van der Waals surface area contributed by atoms with Gasteiger partial charge in [-0.2, -0.15) is 0 Å². The SMILES string of the molecule is COc1ccccc1NC(=O)COC(=O)c1ccc2[nH]c(C)c(C)c2c1. The summed E-state index contributed by atoms with van der Waals surface area (Å²) in [6.45, 7) is 3.60. The number of anilines is 1. The quantitative estimate of drug-likeness (QED) is 0.688. The van der Waals surface area contributed by atoms with Crippen LogP contribution in [0.2, 0.25) is 0 Å². The number of carbonyl (C=O) groups excluding carboxylic acids is 2. The summed E-state index contributed by atoms with van der Waals surface area (Å²) in [6, 6.07) is 12.3. The molecule has 3 aromatic rings. The molecule has 0 bridgehead atoms. The molecule has 3 rings (SSSR count). The van der Waals surface area contributed by atoms with Gasteiger partial charge in [0.25, 0.3) is 5.91 Å². The molecule has 6 heteroatoms. The third-order valence-electron chi connectivity index (χ3n) is 4.26. The smallest absolute Gasteiger partial charge is 0.338 e. The molecule has 0 radical (unpaired) electrons. The van der Waals surface area contributed by atoms with Gasteiger partial charge in [0.1, 0.15) is 5.75 Å². The van der Waals surface area contributed by atoms with E-state index in [1.807, 2.05) is 19.9 Å². The molecule has 0 spiro atoms. The molecule has 1 amide bonds. The molecule has 0 fully saturated rings. The van der Waals surface area contributed by atoms with Gasteiger partial charge in [-0.1, -0.05) is 12.1 Å². The minimum Gasteiger partial charge on any atom is -0.495 e. The van der Waals surface area contributed by atoms with Crippen LogP contribution in [0, 0.1) is 13.8 Å². The second kappa shape index (κ2) is 7.31. The van der Waals surface area contributed by atoms with E-state index in [9.17, 15) is 9.59 Å². The molecule has 1 aromatic heterocycles. The van der Waals surface area contributed by atoms with Gasteiger partial charge in [-0.15, -0.1) is 0 Å². The maximum Gasteiger partial charge on any atom is 0.338 e. The summed E-state index contributed by atoms with van der Waals surface area (Å²) >= 11 is 0. The summed E-state index contributed by atoms with van der Waals surface area (Å²) in [4.78, 5) is 27.5. The van der Waals surface area contributed by atoms with Crippen molar-refractivity contribution in [3.8, 4) is 5.75 Å². The first-order valence-corrected chi connectivity index (χ1v) is 8.18. The second-order valence-corrected chi connectivity index (χ2v) is 5.96. The Bertz CT molecular complexity index is 975. The summed E-state index contributed by atoms with van der Waals surface area (Å²) in [5.74, 6) is -0.436. The van der Waals surface area contributed by atoms with Crippen LogP contribution in [-0.2, 0) is 9.53 Å². The number of benzene rings is 2. The molecule has 2 N–H and O–H groups in total. The maximum atomic E-state index is 12.2. The van der Waals surface area contributed by atoms with Crippen molar-refractivity contribution in [3.63, 3.8) is 0 Å². The Morgan fingerprint density at radius 2 is 1.88 bits per heavy atom. The third kappa shape index (κ3) is 3.54. The molecular formula is C20H20N2O4. The van der Waals surface area contributed by atoms with Crippen LogP contribution in [0.3, 0.4) is 0 Å². The largest absolute Gasteiger partial charge is 0.495 e. The number of ether oxygens (including phenoxy) is 2. The molecule has 1 heterocycles. The van der Waals surface area contributed by atoms with Crippen LogP contribution < -0.4 is 10.1 Å². The highest BCUT2D eigenvalue weighted by Gasteiger charge is 2.14. The number of hydrogen-bond acceptors (Lipinski definition) is 4. The summed E-state index contributed by atoms with van der Waals surface area (Å²) in [7, 11) is 1.52. The predicted molar refractivity (Wildman–Crippen MR) is 99.7 cm³/mol. The number of carbonyl (C=O) groups is 2. The first-order chi connectivity index (χ1) is 12.5. The van der Waals surface area contributed by atoms with Gasteiger partial charge in [0, 0.05) is 16.6 Å². The molecule has 134 valence electrons. The average molecular weight is 352 g/mol. The van der Waals surface area contributed by atoms with E-state index in [1.54, 1.807) is 36.4 Å². The molecule has 0 aliphatic carbocycles. The summed E-state index contributed by atoms with van der Waals surface area (Å²) in [5, 5.41) is 3.63. The minimum absolute atomic E-state index is 0.375. The number of esters is 1. The first kappa shape index (κ1) is 17.5. The number of aromatic nitrogens is 1. The van der Waals surface area contributed by atoms with Crippen LogP contribution in [-0.4, -0.2) is 30.6 Å². The van der Waals surface area contributed by atoms with Crippen LogP contribution >= 0.6 is 0 Å². The summed E-state index contributed by atoms with van der Waals surface area (Å²) in [6.07, 6.45) is 0. The number of para-hydroxylation sites is 2. The maximum absolute atomic E-state index is 12.2. The predicted octanol–water partition coefficient (Wildman–Crippen LogP) is 3.59. The number of fused-ring (bicyclic) bond motifs is 1. The highest BCUT2D eigenvalue weighted by molar-refractivity contribution is 5.98. The second-order valence-electron chi connectivity index (χ2n) is 5.96. The van der Waals surface area contributed by atoms with Gasteiger partial charge in [0.15, 0.2) is 6.61 Å². The molecule has 0 saturated heterocycles. The Morgan fingerprint density at radius 3 is 2.65 bits per heavy atom. The van der Waals surface area contributed by atoms with Gasteiger partial charge in [-0.3, -0.25) is 4.79 Å². The molecular weight excluding hydrogens is 332 g/mol. The normalized spacial score (nSPS) is 10.6. The van der Waals surface area contributed by atoms with Crippen LogP contribution in [0.25, 0.3) is 10.9 Å². The lowest BCUT2D eigenvalue weighted by molar-refractivity contribution is -0.119. The van der Waals surface area contributed by atoms with Crippen molar-refractivity contribution in [2.24, 2.45) is 0 Å². The zero-order valence-electron chi connectivity index (χ0n) is 14.9. The number of nitrogens with one attached hydrogen (secondary N) is 2. The van der Waals surface area contributed by atoms with Crippen molar-refractivity contribution in [1.82, 2.24) is 4.98 Å².